The van der Waals surface area contributed by atoms with Gasteiger partial charge in [-0.2, -0.15) is 0 Å². The van der Waals surface area contributed by atoms with Crippen LogP contribution in [-0.4, -0.2) is 86.1 Å². The van der Waals surface area contributed by atoms with Crippen molar-refractivity contribution in [1.82, 2.24) is 0 Å². The topological polar surface area (TPSA) is 129 Å². The summed E-state index contributed by atoms with van der Waals surface area (Å²) in [4.78, 5) is 35.2. The molecule has 10 nitrogen and oxygen atoms in total. The summed E-state index contributed by atoms with van der Waals surface area (Å²) < 4.78 is 34.0. The summed E-state index contributed by atoms with van der Waals surface area (Å²) in [5, 5.41) is 10.3. The van der Waals surface area contributed by atoms with E-state index in [-0.39, 0.29) is 26.1 Å². The number of aliphatic hydroxyl groups is 1. The van der Waals surface area contributed by atoms with Crippen molar-refractivity contribution in [1.29, 1.82) is 0 Å². The van der Waals surface area contributed by atoms with Crippen LogP contribution in [0.4, 0.5) is 0 Å². The van der Waals surface area contributed by atoms with Gasteiger partial charge >= 0.3 is 19.8 Å². The van der Waals surface area contributed by atoms with Crippen molar-refractivity contribution in [2.75, 3.05) is 47.5 Å². The highest BCUT2D eigenvalue weighted by Gasteiger charge is 2.27. The van der Waals surface area contributed by atoms with Gasteiger partial charge in [0.1, 0.15) is 19.8 Å². The number of hydrogen-bond acceptors (Lipinski definition) is 8. The number of likely N-dealkylation sites (N-methyl/N-ethyl adjacent to an activating group) is 1. The summed E-state index contributed by atoms with van der Waals surface area (Å²) in [6.07, 6.45) is 34.8. The number of quaternary nitrogens is 1. The lowest BCUT2D eigenvalue weighted by Crippen LogP contribution is -2.37. The number of phosphoric ester groups is 1. The molecular formula is C42H77NO9P+. The number of phosphoric acid groups is 1. The first-order valence-corrected chi connectivity index (χ1v) is 22.0. The van der Waals surface area contributed by atoms with Crippen molar-refractivity contribution in [3.63, 3.8) is 0 Å². The predicted octanol–water partition coefficient (Wildman–Crippen LogP) is 10.1. The summed E-state index contributed by atoms with van der Waals surface area (Å²) in [5.74, 6) is -1.00. The molecule has 1 unspecified atom stereocenters. The van der Waals surface area contributed by atoms with Crippen LogP contribution < -0.4 is 0 Å². The van der Waals surface area contributed by atoms with Crippen molar-refractivity contribution in [2.24, 2.45) is 0 Å². The van der Waals surface area contributed by atoms with Crippen molar-refractivity contribution in [3.05, 3.63) is 48.6 Å². The number of unbranched alkanes of at least 4 members (excludes halogenated alkanes) is 13. The lowest BCUT2D eigenvalue weighted by molar-refractivity contribution is -0.870. The van der Waals surface area contributed by atoms with Crippen molar-refractivity contribution >= 4 is 19.8 Å². The van der Waals surface area contributed by atoms with Gasteiger partial charge in [-0.25, -0.2) is 4.57 Å². The third-order valence-corrected chi connectivity index (χ3v) is 9.45. The number of carbonyl (C=O) groups is 2. The van der Waals surface area contributed by atoms with Crippen molar-refractivity contribution < 1.29 is 47.2 Å². The molecule has 0 heterocycles. The van der Waals surface area contributed by atoms with Crippen LogP contribution in [0.15, 0.2) is 48.6 Å². The minimum absolute atomic E-state index is 0.00160. The fraction of sp³-hybridized carbons (Fsp3) is 0.762. The summed E-state index contributed by atoms with van der Waals surface area (Å²) in [6.45, 7) is 4.14. The third kappa shape index (κ3) is 38.0. The number of allylic oxidation sites excluding steroid dienone is 7. The van der Waals surface area contributed by atoms with Gasteiger partial charge in [0.05, 0.1) is 33.9 Å². The van der Waals surface area contributed by atoms with Crippen LogP contribution in [0.25, 0.3) is 0 Å². The zero-order valence-corrected chi connectivity index (χ0v) is 35.0. The molecule has 53 heavy (non-hydrogen) atoms. The number of carbonyl (C=O) groups excluding carboxylic acids is 2. The maximum atomic E-state index is 12.6. The first kappa shape index (κ1) is 50.9. The summed E-state index contributed by atoms with van der Waals surface area (Å²) in [5.41, 5.74) is 0. The zero-order valence-electron chi connectivity index (χ0n) is 34.1. The van der Waals surface area contributed by atoms with Gasteiger partial charge in [0.2, 0.25) is 0 Å². The first-order chi connectivity index (χ1) is 25.4. The number of rotatable bonds is 36. The number of nitrogens with zero attached hydrogens (tertiary/aromatic N) is 1. The molecule has 0 aromatic heterocycles. The van der Waals surface area contributed by atoms with Crippen molar-refractivity contribution in [3.8, 4) is 0 Å². The highest BCUT2D eigenvalue weighted by atomic mass is 31.2. The Kier molecular flexibility index (Phi) is 33.1. The Labute approximate surface area is 323 Å². The Balaban J connectivity index is 4.60. The van der Waals surface area contributed by atoms with E-state index in [1.165, 1.54) is 64.2 Å². The smallest absolute Gasteiger partial charge is 0.462 e. The number of aliphatic hydroxyl groups excluding tert-OH is 1. The Bertz CT molecular complexity index is 1070. The van der Waals surface area contributed by atoms with Gasteiger partial charge in [-0.3, -0.25) is 18.6 Å². The number of ether oxygens (including phenoxy) is 2. The number of hydrogen-bond donors (Lipinski definition) is 2. The zero-order chi connectivity index (χ0) is 39.5. The Morgan fingerprint density at radius 2 is 1.25 bits per heavy atom. The van der Waals surface area contributed by atoms with Gasteiger partial charge < -0.3 is 24.0 Å². The maximum absolute atomic E-state index is 12.6. The van der Waals surface area contributed by atoms with E-state index in [1.807, 2.05) is 33.3 Å². The van der Waals surface area contributed by atoms with E-state index in [2.05, 4.69) is 38.2 Å². The lowest BCUT2D eigenvalue weighted by atomic mass is 10.1. The predicted molar refractivity (Wildman–Crippen MR) is 216 cm³/mol. The first-order valence-electron chi connectivity index (χ1n) is 20.5. The Morgan fingerprint density at radius 1 is 0.679 bits per heavy atom. The van der Waals surface area contributed by atoms with Crippen LogP contribution in [0.5, 0.6) is 0 Å². The van der Waals surface area contributed by atoms with Crippen LogP contribution in [0, 0.1) is 0 Å². The van der Waals surface area contributed by atoms with E-state index in [1.54, 1.807) is 12.2 Å². The molecule has 0 saturated heterocycles. The quantitative estimate of drug-likeness (QED) is 0.0160. The average molecular weight is 771 g/mol. The molecule has 0 fully saturated rings. The average Bonchev–Trinajstić information content (AvgIpc) is 3.09. The van der Waals surface area contributed by atoms with Crippen molar-refractivity contribution in [2.45, 2.75) is 161 Å². The van der Waals surface area contributed by atoms with E-state index >= 15 is 0 Å². The molecular weight excluding hydrogens is 693 g/mol. The molecule has 0 spiro atoms. The Morgan fingerprint density at radius 3 is 1.89 bits per heavy atom. The van der Waals surface area contributed by atoms with E-state index in [9.17, 15) is 24.2 Å². The molecule has 308 valence electrons. The van der Waals surface area contributed by atoms with Gasteiger partial charge in [-0.1, -0.05) is 140 Å². The van der Waals surface area contributed by atoms with Gasteiger partial charge in [-0.15, -0.1) is 0 Å². The van der Waals surface area contributed by atoms with Crippen LogP contribution in [0.2, 0.25) is 0 Å². The largest absolute Gasteiger partial charge is 0.472 e. The molecule has 0 aliphatic heterocycles. The highest BCUT2D eigenvalue weighted by Crippen LogP contribution is 2.43. The van der Waals surface area contributed by atoms with Gasteiger partial charge in [0, 0.05) is 12.8 Å². The second-order valence-corrected chi connectivity index (χ2v) is 16.3. The molecule has 0 saturated carbocycles. The van der Waals surface area contributed by atoms with E-state index in [0.717, 1.165) is 38.5 Å². The highest BCUT2D eigenvalue weighted by molar-refractivity contribution is 7.47. The molecule has 0 rings (SSSR count). The summed E-state index contributed by atoms with van der Waals surface area (Å²) in [6, 6.07) is 0. The molecule has 0 aliphatic carbocycles. The minimum Gasteiger partial charge on any atom is -0.462 e. The lowest BCUT2D eigenvalue weighted by Gasteiger charge is -2.24. The standard InChI is InChI=1S/C42H76NO9P/c1-6-8-10-12-14-16-18-19-21-22-24-26-28-31-39(44)32-30-34-41(45)49-37-40(38-51-53(47,48)50-36-35-43(3,4)5)52-42(46)33-29-27-25-23-20-17-15-13-11-9-7-2/h14,16,19,21,24,26,28,31,39-40,44H,6-13,15,17-18,20,22-23,25,27,29-30,32-38H2,1-5H3/p+1/b16-14-,21-19-,26-24-,31-28+/t39-,40-/m1/s1. The molecule has 3 atom stereocenters. The second kappa shape index (κ2) is 34.4. The maximum Gasteiger partial charge on any atom is 0.472 e. The minimum atomic E-state index is -4.41. The van der Waals surface area contributed by atoms with Gasteiger partial charge in [-0.05, 0) is 44.9 Å². The monoisotopic (exact) mass is 771 g/mol. The molecule has 0 radical (unpaired) electrons. The molecule has 0 aromatic rings. The van der Waals surface area contributed by atoms with Gasteiger partial charge in [0.25, 0.3) is 0 Å². The summed E-state index contributed by atoms with van der Waals surface area (Å²) >= 11 is 0. The molecule has 0 aromatic carbocycles. The molecule has 2 N–H and O–H groups in total. The molecule has 11 heteroatoms. The molecule has 0 amide bonds. The fourth-order valence-corrected chi connectivity index (χ4v) is 5.92. The van der Waals surface area contributed by atoms with E-state index in [0.29, 0.717) is 30.3 Å². The van der Waals surface area contributed by atoms with E-state index < -0.39 is 38.6 Å². The SMILES string of the molecule is CCCCC/C=C\C/C=C\C/C=C\C=C\[C@@H](O)CCCC(=O)OC[C@H](COP(=O)(O)OCC[N+](C)(C)C)OC(=O)CCCCCCCCCCCCC. The Hall–Kier alpha value is -2.07. The molecule has 0 aliphatic rings. The van der Waals surface area contributed by atoms with Crippen LogP contribution in [0.3, 0.4) is 0 Å². The fourth-order valence-electron chi connectivity index (χ4n) is 5.17. The van der Waals surface area contributed by atoms with Gasteiger partial charge in [0.15, 0.2) is 6.10 Å². The van der Waals surface area contributed by atoms with Crippen LogP contribution in [-0.2, 0) is 32.7 Å². The molecule has 0 bridgehead atoms. The number of esters is 2. The van der Waals surface area contributed by atoms with Crippen LogP contribution >= 0.6 is 7.82 Å². The normalized spacial score (nSPS) is 14.8. The van der Waals surface area contributed by atoms with E-state index in [4.69, 9.17) is 18.5 Å². The second-order valence-electron chi connectivity index (χ2n) is 14.9. The summed E-state index contributed by atoms with van der Waals surface area (Å²) in [7, 11) is 1.37. The van der Waals surface area contributed by atoms with Crippen LogP contribution in [0.1, 0.15) is 149 Å². The third-order valence-electron chi connectivity index (χ3n) is 8.47.